The van der Waals surface area contributed by atoms with Gasteiger partial charge in [-0.1, -0.05) is 0 Å². The van der Waals surface area contributed by atoms with Crippen LogP contribution in [-0.2, 0) is 10.0 Å². The molecular weight excluding hydrogens is 260 g/mol. The van der Waals surface area contributed by atoms with E-state index in [1.807, 2.05) is 0 Å². The molecule has 100 valence electrons. The number of sulfonamides is 1. The van der Waals surface area contributed by atoms with E-state index in [2.05, 4.69) is 10.2 Å². The molecule has 1 unspecified atom stereocenters. The maximum Gasteiger partial charge on any atom is 0.340 e. The van der Waals surface area contributed by atoms with E-state index in [-0.39, 0.29) is 23.2 Å². The average Bonchev–Trinajstić information content (AvgIpc) is 2.78. The molecule has 4 N–H and O–H groups in total. The molecule has 8 nitrogen and oxygen atoms in total. The molecule has 1 aromatic rings. The number of nitrogens with one attached hydrogen (secondary N) is 1. The Balaban J connectivity index is 2.36. The molecule has 1 saturated heterocycles. The highest BCUT2D eigenvalue weighted by Crippen LogP contribution is 2.21. The monoisotopic (exact) mass is 274 g/mol. The predicted molar refractivity (Wildman–Crippen MR) is 61.5 cm³/mol. The molecule has 2 heterocycles. The number of piperidine rings is 1. The smallest absolute Gasteiger partial charge is 0.340 e. The Morgan fingerprint density at radius 1 is 1.61 bits per heavy atom. The van der Waals surface area contributed by atoms with Gasteiger partial charge in [-0.3, -0.25) is 5.10 Å². The first-order valence-electron chi connectivity index (χ1n) is 5.45. The fourth-order valence-electron chi connectivity index (χ4n) is 1.94. The van der Waals surface area contributed by atoms with Crippen molar-refractivity contribution < 1.29 is 18.3 Å². The van der Waals surface area contributed by atoms with Crippen molar-refractivity contribution >= 4 is 16.0 Å². The van der Waals surface area contributed by atoms with Gasteiger partial charge in [0.25, 0.3) is 10.0 Å². The fraction of sp³-hybridized carbons (Fsp3) is 0.556. The normalized spacial score (nSPS) is 21.9. The second-order valence-electron chi connectivity index (χ2n) is 4.18. The molecule has 2 rings (SSSR count). The third kappa shape index (κ3) is 2.24. The highest BCUT2D eigenvalue weighted by molar-refractivity contribution is 7.89. The Labute approximate surface area is 104 Å². The molecule has 0 aromatic carbocycles. The number of carbonyl (C=O) groups is 1. The van der Waals surface area contributed by atoms with Crippen LogP contribution >= 0.6 is 0 Å². The van der Waals surface area contributed by atoms with Crippen molar-refractivity contribution in [1.82, 2.24) is 14.5 Å². The third-order valence-corrected chi connectivity index (χ3v) is 4.69. The van der Waals surface area contributed by atoms with Gasteiger partial charge < -0.3 is 10.8 Å². The number of aromatic carboxylic acids is 1. The summed E-state index contributed by atoms with van der Waals surface area (Å²) < 4.78 is 25.7. The third-order valence-electron chi connectivity index (χ3n) is 2.85. The minimum Gasteiger partial charge on any atom is -0.478 e. The van der Waals surface area contributed by atoms with Gasteiger partial charge in [-0.15, -0.1) is 0 Å². The number of H-pyrrole nitrogens is 1. The molecule has 1 atom stereocenters. The number of nitrogens with zero attached hydrogens (tertiary/aromatic N) is 2. The Bertz CT molecular complexity index is 553. The van der Waals surface area contributed by atoms with Gasteiger partial charge in [0, 0.05) is 19.1 Å². The number of aromatic nitrogens is 2. The highest BCUT2D eigenvalue weighted by Gasteiger charge is 2.33. The summed E-state index contributed by atoms with van der Waals surface area (Å²) in [7, 11) is -3.87. The average molecular weight is 274 g/mol. The number of aromatic amines is 1. The first kappa shape index (κ1) is 13.0. The van der Waals surface area contributed by atoms with E-state index in [4.69, 9.17) is 10.8 Å². The van der Waals surface area contributed by atoms with E-state index >= 15 is 0 Å². The van der Waals surface area contributed by atoms with E-state index in [0.717, 1.165) is 12.6 Å². The van der Waals surface area contributed by atoms with Crippen LogP contribution in [0.3, 0.4) is 0 Å². The van der Waals surface area contributed by atoms with Crippen molar-refractivity contribution in [2.75, 3.05) is 13.1 Å². The highest BCUT2D eigenvalue weighted by atomic mass is 32.2. The van der Waals surface area contributed by atoms with Gasteiger partial charge in [-0.2, -0.15) is 9.40 Å². The molecule has 1 fully saturated rings. The summed E-state index contributed by atoms with van der Waals surface area (Å²) in [6.45, 7) is 0.536. The van der Waals surface area contributed by atoms with Gasteiger partial charge in [0.2, 0.25) is 0 Å². The van der Waals surface area contributed by atoms with E-state index < -0.39 is 16.0 Å². The van der Waals surface area contributed by atoms with Gasteiger partial charge in [-0.25, -0.2) is 13.2 Å². The maximum atomic E-state index is 12.3. The van der Waals surface area contributed by atoms with Gasteiger partial charge in [0.1, 0.15) is 5.56 Å². The van der Waals surface area contributed by atoms with Crippen LogP contribution in [0.4, 0.5) is 0 Å². The zero-order chi connectivity index (χ0) is 13.3. The summed E-state index contributed by atoms with van der Waals surface area (Å²) in [5.41, 5.74) is 5.37. The van der Waals surface area contributed by atoms with Gasteiger partial charge >= 0.3 is 5.97 Å². The van der Waals surface area contributed by atoms with Crippen LogP contribution in [-0.4, -0.2) is 53.1 Å². The van der Waals surface area contributed by atoms with E-state index in [9.17, 15) is 13.2 Å². The topological polar surface area (TPSA) is 129 Å². The lowest BCUT2D eigenvalue weighted by atomic mass is 10.1. The van der Waals surface area contributed by atoms with E-state index in [0.29, 0.717) is 13.0 Å². The van der Waals surface area contributed by atoms with Crippen molar-refractivity contribution in [2.24, 2.45) is 5.73 Å². The molecule has 0 bridgehead atoms. The van der Waals surface area contributed by atoms with Crippen LogP contribution < -0.4 is 5.73 Å². The molecule has 1 aliphatic rings. The summed E-state index contributed by atoms with van der Waals surface area (Å²) in [5, 5.41) is 14.2. The van der Waals surface area contributed by atoms with Crippen molar-refractivity contribution in [3.8, 4) is 0 Å². The SMILES string of the molecule is NC1CCCN(S(=O)(=O)c2[nH]ncc2C(=O)O)C1. The summed E-state index contributed by atoms with van der Waals surface area (Å²) >= 11 is 0. The molecular formula is C9H14N4O4S. The second-order valence-corrected chi connectivity index (χ2v) is 6.06. The predicted octanol–water partition coefficient (Wildman–Crippen LogP) is -0.780. The number of rotatable bonds is 3. The lowest BCUT2D eigenvalue weighted by Gasteiger charge is -2.29. The lowest BCUT2D eigenvalue weighted by Crippen LogP contribution is -2.45. The van der Waals surface area contributed by atoms with Crippen molar-refractivity contribution in [1.29, 1.82) is 0 Å². The van der Waals surface area contributed by atoms with Crippen LogP contribution in [0.15, 0.2) is 11.2 Å². The first-order valence-corrected chi connectivity index (χ1v) is 6.89. The molecule has 0 saturated carbocycles. The maximum absolute atomic E-state index is 12.3. The Morgan fingerprint density at radius 2 is 2.33 bits per heavy atom. The minimum atomic E-state index is -3.87. The van der Waals surface area contributed by atoms with Crippen LogP contribution in [0, 0.1) is 0 Å². The number of hydrogen-bond acceptors (Lipinski definition) is 5. The molecule has 9 heteroatoms. The molecule has 0 radical (unpaired) electrons. The lowest BCUT2D eigenvalue weighted by molar-refractivity contribution is 0.0692. The number of hydrogen-bond donors (Lipinski definition) is 3. The minimum absolute atomic E-state index is 0.195. The van der Waals surface area contributed by atoms with Crippen molar-refractivity contribution in [3.63, 3.8) is 0 Å². The van der Waals surface area contributed by atoms with Crippen LogP contribution in [0.2, 0.25) is 0 Å². The Hall–Kier alpha value is -1.45. The van der Waals surface area contributed by atoms with Crippen molar-refractivity contribution in [3.05, 3.63) is 11.8 Å². The van der Waals surface area contributed by atoms with Crippen LogP contribution in [0.5, 0.6) is 0 Å². The van der Waals surface area contributed by atoms with Crippen molar-refractivity contribution in [2.45, 2.75) is 23.9 Å². The summed E-state index contributed by atoms with van der Waals surface area (Å²) in [6.07, 6.45) is 2.41. The number of nitrogens with two attached hydrogens (primary N) is 1. The largest absolute Gasteiger partial charge is 0.478 e. The molecule has 0 spiro atoms. The first-order chi connectivity index (χ1) is 8.43. The molecule has 1 aromatic heterocycles. The standard InChI is InChI=1S/C9H14N4O4S/c10-6-2-1-3-13(5-6)18(16,17)8-7(9(14)15)4-11-12-8/h4,6H,1-3,5,10H2,(H,11,12)(H,14,15). The van der Waals surface area contributed by atoms with Gasteiger partial charge in [-0.05, 0) is 12.8 Å². The van der Waals surface area contributed by atoms with Crippen LogP contribution in [0.1, 0.15) is 23.2 Å². The molecule has 18 heavy (non-hydrogen) atoms. The molecule has 0 amide bonds. The Kier molecular flexibility index (Phi) is 3.37. The van der Waals surface area contributed by atoms with E-state index in [1.165, 1.54) is 4.31 Å². The zero-order valence-corrected chi connectivity index (χ0v) is 10.4. The zero-order valence-electron chi connectivity index (χ0n) is 9.54. The quantitative estimate of drug-likeness (QED) is 0.663. The number of carboxylic acid groups (broad SMARTS) is 1. The summed E-state index contributed by atoms with van der Waals surface area (Å²) in [5.74, 6) is -1.33. The fourth-order valence-corrected chi connectivity index (χ4v) is 3.55. The Morgan fingerprint density at radius 3 is 2.94 bits per heavy atom. The van der Waals surface area contributed by atoms with Gasteiger partial charge in [0.15, 0.2) is 5.03 Å². The summed E-state index contributed by atoms with van der Waals surface area (Å²) in [4.78, 5) is 10.9. The van der Waals surface area contributed by atoms with E-state index in [1.54, 1.807) is 0 Å². The summed E-state index contributed by atoms with van der Waals surface area (Å²) in [6, 6.07) is -0.218. The van der Waals surface area contributed by atoms with Crippen LogP contribution in [0.25, 0.3) is 0 Å². The van der Waals surface area contributed by atoms with Gasteiger partial charge in [0.05, 0.1) is 6.20 Å². The molecule has 1 aliphatic heterocycles. The number of carboxylic acids is 1. The second kappa shape index (κ2) is 4.67. The molecule has 0 aliphatic carbocycles.